The highest BCUT2D eigenvalue weighted by molar-refractivity contribution is 6.22. The molecule has 29 heavy (non-hydrogen) atoms. The van der Waals surface area contributed by atoms with Gasteiger partial charge in [-0.2, -0.15) is 0 Å². The topological polar surface area (TPSA) is 81.0 Å². The molecule has 0 N–H and O–H groups in total. The number of carbonyl (C=O) groups is 3. The molecular formula is C22H21N3O4. The predicted octanol–water partition coefficient (Wildman–Crippen LogP) is 3.09. The van der Waals surface area contributed by atoms with Crippen molar-refractivity contribution in [1.82, 2.24) is 14.3 Å². The number of amides is 2. The summed E-state index contributed by atoms with van der Waals surface area (Å²) in [4.78, 5) is 44.0. The molecule has 1 aliphatic heterocycles. The fourth-order valence-corrected chi connectivity index (χ4v) is 3.54. The van der Waals surface area contributed by atoms with Gasteiger partial charge < -0.3 is 9.14 Å². The molecule has 0 bridgehead atoms. The summed E-state index contributed by atoms with van der Waals surface area (Å²) in [7, 11) is 0. The van der Waals surface area contributed by atoms with Gasteiger partial charge in [0.05, 0.1) is 16.8 Å². The summed E-state index contributed by atoms with van der Waals surface area (Å²) in [6, 6.07) is 11.2. The molecule has 0 aliphatic carbocycles. The smallest absolute Gasteiger partial charge is 0.329 e. The standard InChI is InChI=1S/C22H21N3O4/c1-14(2)11-18(25-20(26)16-7-3-4-8-17(16)21(25)27)22(28)29-13-15-12-24-10-6-5-9-19(24)23-15/h3-10,12,14,18H,11,13H2,1-2H3. The number of hydrogen-bond donors (Lipinski definition) is 0. The molecule has 148 valence electrons. The van der Waals surface area contributed by atoms with Gasteiger partial charge in [-0.3, -0.25) is 14.5 Å². The number of fused-ring (bicyclic) bond motifs is 2. The lowest BCUT2D eigenvalue weighted by Gasteiger charge is -2.25. The number of hydrogen-bond acceptors (Lipinski definition) is 5. The number of imidazole rings is 1. The maximum atomic E-state index is 12.9. The largest absolute Gasteiger partial charge is 0.458 e. The van der Waals surface area contributed by atoms with Gasteiger partial charge in [0.2, 0.25) is 0 Å². The Bertz CT molecular complexity index is 1030. The third kappa shape index (κ3) is 3.51. The molecule has 1 atom stereocenters. The van der Waals surface area contributed by atoms with Crippen LogP contribution in [0, 0.1) is 5.92 Å². The van der Waals surface area contributed by atoms with E-state index in [4.69, 9.17) is 4.74 Å². The van der Waals surface area contributed by atoms with E-state index >= 15 is 0 Å². The van der Waals surface area contributed by atoms with Crippen LogP contribution in [-0.4, -0.2) is 38.1 Å². The van der Waals surface area contributed by atoms with Gasteiger partial charge in [0.15, 0.2) is 0 Å². The van der Waals surface area contributed by atoms with E-state index < -0.39 is 23.8 Å². The highest BCUT2D eigenvalue weighted by Gasteiger charge is 2.43. The molecule has 0 fully saturated rings. The summed E-state index contributed by atoms with van der Waals surface area (Å²) in [5.74, 6) is -1.43. The molecule has 2 amide bonds. The summed E-state index contributed by atoms with van der Waals surface area (Å²) in [5.41, 5.74) is 1.98. The van der Waals surface area contributed by atoms with E-state index in [1.165, 1.54) is 0 Å². The van der Waals surface area contributed by atoms with Crippen LogP contribution in [0.3, 0.4) is 0 Å². The van der Waals surface area contributed by atoms with Gasteiger partial charge in [-0.05, 0) is 36.6 Å². The van der Waals surface area contributed by atoms with Crippen molar-refractivity contribution in [1.29, 1.82) is 0 Å². The Hall–Kier alpha value is -3.48. The van der Waals surface area contributed by atoms with Crippen molar-refractivity contribution >= 4 is 23.4 Å². The highest BCUT2D eigenvalue weighted by Crippen LogP contribution is 2.27. The quantitative estimate of drug-likeness (QED) is 0.476. The van der Waals surface area contributed by atoms with Crippen LogP contribution in [0.2, 0.25) is 0 Å². The summed E-state index contributed by atoms with van der Waals surface area (Å²) >= 11 is 0. The number of rotatable bonds is 6. The van der Waals surface area contributed by atoms with Crippen LogP contribution in [0.15, 0.2) is 54.9 Å². The van der Waals surface area contributed by atoms with Gasteiger partial charge in [-0.15, -0.1) is 0 Å². The van der Waals surface area contributed by atoms with Crippen molar-refractivity contribution in [3.05, 3.63) is 71.7 Å². The van der Waals surface area contributed by atoms with Crippen LogP contribution in [0.5, 0.6) is 0 Å². The minimum Gasteiger partial charge on any atom is -0.458 e. The number of benzene rings is 1. The first-order valence-electron chi connectivity index (χ1n) is 9.52. The first-order valence-corrected chi connectivity index (χ1v) is 9.52. The number of imide groups is 1. The average molecular weight is 391 g/mol. The van der Waals surface area contributed by atoms with Gasteiger partial charge in [0, 0.05) is 12.4 Å². The molecule has 3 aromatic rings. The molecule has 0 radical (unpaired) electrons. The Morgan fingerprint density at radius 2 is 1.69 bits per heavy atom. The molecule has 7 heteroatoms. The molecule has 0 saturated carbocycles. The number of ether oxygens (including phenoxy) is 1. The first-order chi connectivity index (χ1) is 14.0. The third-order valence-electron chi connectivity index (χ3n) is 4.88. The Morgan fingerprint density at radius 1 is 1.03 bits per heavy atom. The van der Waals surface area contributed by atoms with Gasteiger partial charge in [0.1, 0.15) is 18.3 Å². The first kappa shape index (κ1) is 18.9. The summed E-state index contributed by atoms with van der Waals surface area (Å²) in [5, 5.41) is 0. The molecule has 3 heterocycles. The van der Waals surface area contributed by atoms with Gasteiger partial charge in [-0.1, -0.05) is 32.0 Å². The molecule has 1 aliphatic rings. The predicted molar refractivity (Wildman–Crippen MR) is 105 cm³/mol. The maximum absolute atomic E-state index is 12.9. The van der Waals surface area contributed by atoms with E-state index in [0.29, 0.717) is 23.2 Å². The van der Waals surface area contributed by atoms with Crippen LogP contribution in [0.25, 0.3) is 5.65 Å². The van der Waals surface area contributed by atoms with Crippen molar-refractivity contribution in [2.75, 3.05) is 0 Å². The number of carbonyl (C=O) groups excluding carboxylic acids is 3. The minimum atomic E-state index is -0.973. The van der Waals surface area contributed by atoms with Gasteiger partial charge in [-0.25, -0.2) is 9.78 Å². The van der Waals surface area contributed by atoms with Crippen LogP contribution < -0.4 is 0 Å². The van der Waals surface area contributed by atoms with E-state index in [0.717, 1.165) is 10.5 Å². The number of nitrogens with zero attached hydrogens (tertiary/aromatic N) is 3. The fourth-order valence-electron chi connectivity index (χ4n) is 3.54. The van der Waals surface area contributed by atoms with E-state index in [2.05, 4.69) is 4.98 Å². The second-order valence-corrected chi connectivity index (χ2v) is 7.48. The number of aromatic nitrogens is 2. The van der Waals surface area contributed by atoms with E-state index in [9.17, 15) is 14.4 Å². The van der Waals surface area contributed by atoms with E-state index in [-0.39, 0.29) is 12.5 Å². The fraction of sp³-hybridized carbons (Fsp3) is 0.273. The van der Waals surface area contributed by atoms with Gasteiger partial charge in [0.25, 0.3) is 11.8 Å². The highest BCUT2D eigenvalue weighted by atomic mass is 16.5. The lowest BCUT2D eigenvalue weighted by atomic mass is 10.0. The van der Waals surface area contributed by atoms with Crippen LogP contribution in [-0.2, 0) is 16.1 Å². The molecular weight excluding hydrogens is 370 g/mol. The van der Waals surface area contributed by atoms with E-state index in [1.54, 1.807) is 30.5 Å². The lowest BCUT2D eigenvalue weighted by molar-refractivity contribution is -0.150. The van der Waals surface area contributed by atoms with Crippen molar-refractivity contribution in [3.8, 4) is 0 Å². The lowest BCUT2D eigenvalue weighted by Crippen LogP contribution is -2.46. The molecule has 0 spiro atoms. The summed E-state index contributed by atoms with van der Waals surface area (Å²) in [6.45, 7) is 3.83. The summed E-state index contributed by atoms with van der Waals surface area (Å²) < 4.78 is 7.30. The second kappa shape index (κ2) is 7.50. The molecule has 4 rings (SSSR count). The molecule has 0 saturated heterocycles. The Kier molecular flexibility index (Phi) is 4.88. The molecule has 1 unspecified atom stereocenters. The van der Waals surface area contributed by atoms with E-state index in [1.807, 2.05) is 42.6 Å². The number of pyridine rings is 1. The Balaban J connectivity index is 1.54. The van der Waals surface area contributed by atoms with Crippen molar-refractivity contribution in [2.24, 2.45) is 5.92 Å². The second-order valence-electron chi connectivity index (χ2n) is 7.48. The minimum absolute atomic E-state index is 0.0295. The monoisotopic (exact) mass is 391 g/mol. The zero-order valence-corrected chi connectivity index (χ0v) is 16.2. The Morgan fingerprint density at radius 3 is 2.31 bits per heavy atom. The Labute approximate surface area is 167 Å². The molecule has 7 nitrogen and oxygen atoms in total. The van der Waals surface area contributed by atoms with Crippen molar-refractivity contribution in [3.63, 3.8) is 0 Å². The zero-order chi connectivity index (χ0) is 20.5. The average Bonchev–Trinajstić information content (AvgIpc) is 3.23. The summed E-state index contributed by atoms with van der Waals surface area (Å²) in [6.07, 6.45) is 3.96. The van der Waals surface area contributed by atoms with Crippen LogP contribution >= 0.6 is 0 Å². The number of esters is 1. The van der Waals surface area contributed by atoms with Crippen molar-refractivity contribution in [2.45, 2.75) is 32.9 Å². The van der Waals surface area contributed by atoms with Gasteiger partial charge >= 0.3 is 5.97 Å². The third-order valence-corrected chi connectivity index (χ3v) is 4.88. The normalized spacial score (nSPS) is 14.5. The maximum Gasteiger partial charge on any atom is 0.329 e. The zero-order valence-electron chi connectivity index (χ0n) is 16.2. The SMILES string of the molecule is CC(C)CC(C(=O)OCc1cn2ccccc2n1)N1C(=O)c2ccccc2C1=O. The van der Waals surface area contributed by atoms with Crippen LogP contribution in [0.4, 0.5) is 0 Å². The molecule has 1 aromatic carbocycles. The molecule has 2 aromatic heterocycles. The van der Waals surface area contributed by atoms with Crippen LogP contribution in [0.1, 0.15) is 46.7 Å². The van der Waals surface area contributed by atoms with Crippen molar-refractivity contribution < 1.29 is 19.1 Å².